The summed E-state index contributed by atoms with van der Waals surface area (Å²) in [5.74, 6) is -0.0502. The van der Waals surface area contributed by atoms with E-state index >= 15 is 0 Å². The van der Waals surface area contributed by atoms with E-state index in [4.69, 9.17) is 16.0 Å². The minimum atomic E-state index is -0.536. The van der Waals surface area contributed by atoms with Crippen molar-refractivity contribution in [3.63, 3.8) is 0 Å². The number of rotatable bonds is 5. The van der Waals surface area contributed by atoms with Crippen LogP contribution in [-0.4, -0.2) is 10.8 Å². The lowest BCUT2D eigenvalue weighted by atomic mass is 10.1. The van der Waals surface area contributed by atoms with Crippen LogP contribution in [0.25, 0.3) is 11.3 Å². The number of carbonyl (C=O) groups excluding carboxylic acids is 1. The number of nitro benzene ring substituents is 1. The Morgan fingerprint density at radius 2 is 1.84 bits per heavy atom. The van der Waals surface area contributed by atoms with Crippen LogP contribution in [0.4, 0.5) is 11.4 Å². The Morgan fingerprint density at radius 1 is 1.08 bits per heavy atom. The molecule has 2 aromatic carbocycles. The normalized spacial score (nSPS) is 10.3. The second-order valence-corrected chi connectivity index (χ2v) is 5.44. The summed E-state index contributed by atoms with van der Waals surface area (Å²) in [6.45, 7) is 0. The fraction of sp³-hybridized carbons (Fsp3) is 0. The first-order chi connectivity index (χ1) is 12.0. The van der Waals surface area contributed by atoms with Crippen molar-refractivity contribution in [2.75, 3.05) is 5.43 Å². The van der Waals surface area contributed by atoms with E-state index < -0.39 is 10.8 Å². The Hall–Kier alpha value is -3.32. The minimum absolute atomic E-state index is 0.0767. The molecule has 1 aromatic heterocycles. The van der Waals surface area contributed by atoms with Crippen LogP contribution in [0.1, 0.15) is 10.6 Å². The minimum Gasteiger partial charge on any atom is -0.451 e. The molecule has 1 heterocycles. The number of non-ortho nitro benzene ring substituents is 1. The van der Waals surface area contributed by atoms with Crippen molar-refractivity contribution >= 4 is 28.9 Å². The molecule has 0 fully saturated rings. The topological polar surface area (TPSA) is 97.4 Å². The van der Waals surface area contributed by atoms with Gasteiger partial charge in [-0.3, -0.25) is 25.8 Å². The average molecular weight is 358 g/mol. The number of nitrogens with zero attached hydrogens (tertiary/aromatic N) is 1. The number of nitrogens with one attached hydrogen (secondary N) is 2. The van der Waals surface area contributed by atoms with Crippen LogP contribution >= 0.6 is 11.6 Å². The summed E-state index contributed by atoms with van der Waals surface area (Å²) in [5, 5.41) is 10.9. The third kappa shape index (κ3) is 3.78. The maximum Gasteiger partial charge on any atom is 0.305 e. The zero-order valence-corrected chi connectivity index (χ0v) is 13.5. The van der Waals surface area contributed by atoms with Crippen molar-refractivity contribution in [3.8, 4) is 11.3 Å². The summed E-state index contributed by atoms with van der Waals surface area (Å²) in [4.78, 5) is 22.3. The van der Waals surface area contributed by atoms with Crippen molar-refractivity contribution in [3.05, 3.63) is 81.6 Å². The maximum absolute atomic E-state index is 12.1. The van der Waals surface area contributed by atoms with Gasteiger partial charge in [0.05, 0.1) is 15.6 Å². The molecule has 0 spiro atoms. The number of hydrazine groups is 1. The van der Waals surface area contributed by atoms with Gasteiger partial charge in [0, 0.05) is 17.7 Å². The second kappa shape index (κ2) is 7.06. The third-order valence-electron chi connectivity index (χ3n) is 3.35. The van der Waals surface area contributed by atoms with E-state index in [2.05, 4.69) is 10.9 Å². The molecule has 1 amide bonds. The number of hydrogen-bond acceptors (Lipinski definition) is 5. The molecule has 8 heteroatoms. The molecule has 0 aliphatic carbocycles. The number of benzene rings is 2. The number of furan rings is 1. The molecule has 0 bridgehead atoms. The fourth-order valence-electron chi connectivity index (χ4n) is 2.13. The summed E-state index contributed by atoms with van der Waals surface area (Å²) in [5.41, 5.74) is 6.34. The number of carbonyl (C=O) groups is 1. The smallest absolute Gasteiger partial charge is 0.305 e. The highest BCUT2D eigenvalue weighted by Crippen LogP contribution is 2.32. The monoisotopic (exact) mass is 357 g/mol. The van der Waals surface area contributed by atoms with E-state index in [1.54, 1.807) is 18.2 Å². The number of nitro groups is 1. The molecule has 126 valence electrons. The first kappa shape index (κ1) is 16.5. The quantitative estimate of drug-likeness (QED) is 0.525. The first-order valence-electron chi connectivity index (χ1n) is 7.20. The number of amides is 1. The van der Waals surface area contributed by atoms with E-state index in [0.29, 0.717) is 11.3 Å². The first-order valence-corrected chi connectivity index (χ1v) is 7.58. The zero-order chi connectivity index (χ0) is 17.8. The molecule has 2 N–H and O–H groups in total. The molecule has 3 aromatic rings. The van der Waals surface area contributed by atoms with Crippen LogP contribution in [0.15, 0.2) is 65.1 Å². The molecular weight excluding hydrogens is 346 g/mol. The van der Waals surface area contributed by atoms with Gasteiger partial charge in [0.25, 0.3) is 5.69 Å². The largest absolute Gasteiger partial charge is 0.451 e. The van der Waals surface area contributed by atoms with Gasteiger partial charge in [-0.2, -0.15) is 0 Å². The standard InChI is InChI=1S/C17H12ClN3O4/c18-14-10-12(21(23)24)6-7-13(14)15-8-9-16(25-15)17(22)20-19-11-4-2-1-3-5-11/h1-10,19H,(H,20,22). The summed E-state index contributed by atoms with van der Waals surface area (Å²) in [6.07, 6.45) is 0. The van der Waals surface area contributed by atoms with Gasteiger partial charge in [-0.25, -0.2) is 0 Å². The van der Waals surface area contributed by atoms with Crippen LogP contribution < -0.4 is 10.9 Å². The van der Waals surface area contributed by atoms with E-state index in [1.165, 1.54) is 24.3 Å². The average Bonchev–Trinajstić information content (AvgIpc) is 3.10. The predicted molar refractivity (Wildman–Crippen MR) is 93.3 cm³/mol. The van der Waals surface area contributed by atoms with Crippen LogP contribution in [0.2, 0.25) is 5.02 Å². The number of hydrogen-bond donors (Lipinski definition) is 2. The van der Waals surface area contributed by atoms with Crippen molar-refractivity contribution in [1.29, 1.82) is 0 Å². The number of para-hydroxylation sites is 1. The molecular formula is C17H12ClN3O4. The van der Waals surface area contributed by atoms with E-state index in [9.17, 15) is 14.9 Å². The molecule has 0 aliphatic rings. The van der Waals surface area contributed by atoms with E-state index in [1.807, 2.05) is 18.2 Å². The summed E-state index contributed by atoms with van der Waals surface area (Å²) >= 11 is 6.06. The highest BCUT2D eigenvalue weighted by Gasteiger charge is 2.16. The molecule has 0 saturated heterocycles. The Kier molecular flexibility index (Phi) is 4.67. The van der Waals surface area contributed by atoms with Gasteiger partial charge in [-0.15, -0.1) is 0 Å². The summed E-state index contributed by atoms with van der Waals surface area (Å²) in [6, 6.07) is 16.2. The summed E-state index contributed by atoms with van der Waals surface area (Å²) in [7, 11) is 0. The predicted octanol–water partition coefficient (Wildman–Crippen LogP) is 4.27. The molecule has 0 radical (unpaired) electrons. The van der Waals surface area contributed by atoms with Crippen LogP contribution in [-0.2, 0) is 0 Å². The van der Waals surface area contributed by atoms with E-state index in [0.717, 1.165) is 5.69 Å². The van der Waals surface area contributed by atoms with Gasteiger partial charge < -0.3 is 4.42 Å². The van der Waals surface area contributed by atoms with Crippen LogP contribution in [0, 0.1) is 10.1 Å². The Bertz CT molecular complexity index is 925. The molecule has 0 aliphatic heterocycles. The van der Waals surface area contributed by atoms with Crippen LogP contribution in [0.3, 0.4) is 0 Å². The van der Waals surface area contributed by atoms with Gasteiger partial charge in [0.15, 0.2) is 5.76 Å². The second-order valence-electron chi connectivity index (χ2n) is 5.03. The molecule has 0 saturated carbocycles. The Morgan fingerprint density at radius 3 is 2.52 bits per heavy atom. The van der Waals surface area contributed by atoms with Crippen molar-refractivity contribution in [2.45, 2.75) is 0 Å². The van der Waals surface area contributed by atoms with Crippen LogP contribution in [0.5, 0.6) is 0 Å². The number of halogens is 1. The Labute approximate surface area is 147 Å². The highest BCUT2D eigenvalue weighted by atomic mass is 35.5. The maximum atomic E-state index is 12.1. The zero-order valence-electron chi connectivity index (χ0n) is 12.7. The summed E-state index contributed by atoms with van der Waals surface area (Å²) < 4.78 is 5.49. The van der Waals surface area contributed by atoms with Crippen molar-refractivity contribution in [1.82, 2.24) is 5.43 Å². The highest BCUT2D eigenvalue weighted by molar-refractivity contribution is 6.33. The number of anilines is 1. The van der Waals surface area contributed by atoms with Crippen molar-refractivity contribution < 1.29 is 14.1 Å². The molecule has 0 unspecified atom stereocenters. The molecule has 0 atom stereocenters. The van der Waals surface area contributed by atoms with Gasteiger partial charge in [0.2, 0.25) is 0 Å². The molecule has 25 heavy (non-hydrogen) atoms. The lowest BCUT2D eigenvalue weighted by Crippen LogP contribution is -2.28. The fourth-order valence-corrected chi connectivity index (χ4v) is 2.40. The van der Waals surface area contributed by atoms with Gasteiger partial charge in [-0.05, 0) is 30.3 Å². The van der Waals surface area contributed by atoms with Gasteiger partial charge >= 0.3 is 5.91 Å². The molecule has 7 nitrogen and oxygen atoms in total. The lowest BCUT2D eigenvalue weighted by molar-refractivity contribution is -0.384. The van der Waals surface area contributed by atoms with Gasteiger partial charge in [-0.1, -0.05) is 29.8 Å². The van der Waals surface area contributed by atoms with E-state index in [-0.39, 0.29) is 16.5 Å². The van der Waals surface area contributed by atoms with Crippen molar-refractivity contribution in [2.24, 2.45) is 0 Å². The lowest BCUT2D eigenvalue weighted by Gasteiger charge is -2.06. The third-order valence-corrected chi connectivity index (χ3v) is 3.67. The Balaban J connectivity index is 1.74. The SMILES string of the molecule is O=C(NNc1ccccc1)c1ccc(-c2ccc([N+](=O)[O-])cc2Cl)o1. The van der Waals surface area contributed by atoms with Gasteiger partial charge in [0.1, 0.15) is 5.76 Å². The molecule has 3 rings (SSSR count).